The highest BCUT2D eigenvalue weighted by molar-refractivity contribution is 7.91. The van der Waals surface area contributed by atoms with Crippen molar-refractivity contribution < 1.29 is 13.2 Å². The van der Waals surface area contributed by atoms with Gasteiger partial charge in [-0.05, 0) is 41.8 Å². The van der Waals surface area contributed by atoms with Crippen LogP contribution in [0.1, 0.15) is 26.2 Å². The van der Waals surface area contributed by atoms with Gasteiger partial charge in [0.15, 0.2) is 0 Å². The highest BCUT2D eigenvalue weighted by Crippen LogP contribution is 2.14. The average Bonchev–Trinajstić information content (AvgIpc) is 3.09. The van der Waals surface area contributed by atoms with Gasteiger partial charge in [-0.2, -0.15) is 4.68 Å². The number of aldehydes is 1. The van der Waals surface area contributed by atoms with Crippen LogP contribution in [0.4, 0.5) is 0 Å². The van der Waals surface area contributed by atoms with Gasteiger partial charge in [-0.1, -0.05) is 42.4 Å². The summed E-state index contributed by atoms with van der Waals surface area (Å²) in [6.07, 6.45) is 6.46. The van der Waals surface area contributed by atoms with E-state index < -0.39 is 9.84 Å². The van der Waals surface area contributed by atoms with E-state index in [1.807, 2.05) is 25.1 Å². The summed E-state index contributed by atoms with van der Waals surface area (Å²) >= 11 is 0. The number of benzene rings is 1. The average molecular weight is 348 g/mol. The smallest absolute Gasteiger partial charge is 0.272 e. The number of sulfone groups is 1. The van der Waals surface area contributed by atoms with E-state index in [-0.39, 0.29) is 16.8 Å². The number of rotatable bonds is 9. The van der Waals surface area contributed by atoms with Crippen molar-refractivity contribution in [2.75, 3.05) is 5.75 Å². The summed E-state index contributed by atoms with van der Waals surface area (Å²) in [5.74, 6) is -0.0474. The number of carbonyl (C=O) groups excluding carboxylic acids is 1. The Kier molecular flexibility index (Phi) is 6.36. The van der Waals surface area contributed by atoms with Crippen LogP contribution < -0.4 is 0 Å². The molecular weight excluding hydrogens is 328 g/mol. The minimum absolute atomic E-state index is 0.0134. The van der Waals surface area contributed by atoms with Gasteiger partial charge in [0.05, 0.1) is 11.4 Å². The van der Waals surface area contributed by atoms with Gasteiger partial charge < -0.3 is 4.79 Å². The predicted octanol–water partition coefficient (Wildman–Crippen LogP) is 2.00. The fourth-order valence-electron chi connectivity index (χ4n) is 2.07. The fraction of sp³-hybridized carbons (Fsp3) is 0.375. The number of para-hydroxylation sites is 1. The van der Waals surface area contributed by atoms with Crippen molar-refractivity contribution in [3.05, 3.63) is 42.5 Å². The first-order chi connectivity index (χ1) is 11.5. The van der Waals surface area contributed by atoms with E-state index in [4.69, 9.17) is 0 Å². The Hall–Kier alpha value is -2.35. The van der Waals surface area contributed by atoms with E-state index in [1.165, 1.54) is 4.68 Å². The van der Waals surface area contributed by atoms with Gasteiger partial charge in [0, 0.05) is 5.92 Å². The van der Waals surface area contributed by atoms with Crippen LogP contribution in [0.15, 0.2) is 47.6 Å². The molecule has 2 aromatic rings. The van der Waals surface area contributed by atoms with E-state index in [2.05, 4.69) is 15.5 Å². The molecule has 1 heterocycles. The largest absolute Gasteiger partial charge is 0.303 e. The predicted molar refractivity (Wildman–Crippen MR) is 89.4 cm³/mol. The van der Waals surface area contributed by atoms with Crippen molar-refractivity contribution in [2.24, 2.45) is 5.92 Å². The molecule has 0 aliphatic heterocycles. The monoisotopic (exact) mass is 348 g/mol. The van der Waals surface area contributed by atoms with Crippen molar-refractivity contribution in [1.29, 1.82) is 0 Å². The van der Waals surface area contributed by atoms with Gasteiger partial charge >= 0.3 is 0 Å². The molecule has 0 spiro atoms. The molecule has 0 saturated heterocycles. The molecule has 0 bridgehead atoms. The maximum atomic E-state index is 12.4. The molecule has 0 unspecified atom stereocenters. The van der Waals surface area contributed by atoms with Gasteiger partial charge in [-0.15, -0.1) is 0 Å². The fourth-order valence-corrected chi connectivity index (χ4v) is 3.37. The molecule has 8 heteroatoms. The summed E-state index contributed by atoms with van der Waals surface area (Å²) in [6, 6.07) is 8.90. The van der Waals surface area contributed by atoms with Gasteiger partial charge in [0.2, 0.25) is 9.84 Å². The molecule has 1 atom stereocenters. The number of hydrogen-bond donors (Lipinski definition) is 0. The van der Waals surface area contributed by atoms with Gasteiger partial charge in [0.25, 0.3) is 5.16 Å². The number of carbonyl (C=O) groups is 1. The van der Waals surface area contributed by atoms with Crippen LogP contribution in [-0.2, 0) is 14.6 Å². The lowest BCUT2D eigenvalue weighted by Gasteiger charge is -2.05. The number of unbranched alkanes of at least 4 members (excludes halogenated alkanes) is 1. The normalized spacial score (nSPS) is 13.2. The van der Waals surface area contributed by atoms with Crippen LogP contribution in [-0.4, -0.2) is 40.7 Å². The molecule has 7 nitrogen and oxygen atoms in total. The molecule has 0 N–H and O–H groups in total. The first-order valence-corrected chi connectivity index (χ1v) is 9.36. The molecule has 0 aliphatic rings. The molecule has 0 amide bonds. The highest BCUT2D eigenvalue weighted by Gasteiger charge is 2.23. The maximum Gasteiger partial charge on any atom is 0.272 e. The van der Waals surface area contributed by atoms with Crippen LogP contribution in [0.5, 0.6) is 0 Å². The lowest BCUT2D eigenvalue weighted by molar-refractivity contribution is -0.110. The van der Waals surface area contributed by atoms with Gasteiger partial charge in [-0.3, -0.25) is 0 Å². The third-order valence-corrected chi connectivity index (χ3v) is 5.05. The zero-order valence-corrected chi connectivity index (χ0v) is 14.3. The Balaban J connectivity index is 1.97. The Morgan fingerprint density at radius 2 is 1.96 bits per heavy atom. The summed E-state index contributed by atoms with van der Waals surface area (Å²) in [5, 5.41) is 10.8. The van der Waals surface area contributed by atoms with Crippen LogP contribution >= 0.6 is 0 Å². The molecular formula is C16H20N4O3S. The van der Waals surface area contributed by atoms with Crippen molar-refractivity contribution in [2.45, 2.75) is 31.3 Å². The van der Waals surface area contributed by atoms with Gasteiger partial charge in [0.1, 0.15) is 6.29 Å². The van der Waals surface area contributed by atoms with Crippen LogP contribution in [0.3, 0.4) is 0 Å². The molecule has 1 aromatic carbocycles. The minimum atomic E-state index is -3.57. The first kappa shape index (κ1) is 18.0. The summed E-state index contributed by atoms with van der Waals surface area (Å²) < 4.78 is 26.1. The van der Waals surface area contributed by atoms with E-state index in [1.54, 1.807) is 24.3 Å². The van der Waals surface area contributed by atoms with Crippen LogP contribution in [0.25, 0.3) is 5.69 Å². The van der Waals surface area contributed by atoms with E-state index in [0.29, 0.717) is 24.9 Å². The second-order valence-corrected chi connectivity index (χ2v) is 7.49. The molecule has 128 valence electrons. The molecule has 0 aliphatic carbocycles. The SMILES string of the molecule is C[C@H](C=O)C/C=C/CCCS(=O)(=O)c1nnnn1-c1ccccc1. The lowest BCUT2D eigenvalue weighted by Crippen LogP contribution is -2.14. The number of allylic oxidation sites excluding steroid dienone is 2. The Morgan fingerprint density at radius 1 is 1.21 bits per heavy atom. The van der Waals surface area contributed by atoms with Gasteiger partial charge in [-0.25, -0.2) is 8.42 Å². The summed E-state index contributed by atoms with van der Waals surface area (Å²) in [6.45, 7) is 1.84. The number of aromatic nitrogens is 4. The lowest BCUT2D eigenvalue weighted by atomic mass is 10.1. The Bertz CT molecular complexity index is 785. The van der Waals surface area contributed by atoms with Crippen molar-refractivity contribution in [3.63, 3.8) is 0 Å². The zero-order chi connectivity index (χ0) is 17.4. The van der Waals surface area contributed by atoms with Crippen LogP contribution in [0.2, 0.25) is 0 Å². The van der Waals surface area contributed by atoms with Crippen LogP contribution in [0, 0.1) is 5.92 Å². The molecule has 24 heavy (non-hydrogen) atoms. The summed E-state index contributed by atoms with van der Waals surface area (Å²) in [4.78, 5) is 10.5. The molecule has 0 fully saturated rings. The van der Waals surface area contributed by atoms with Crippen molar-refractivity contribution >= 4 is 16.1 Å². The second-order valence-electron chi connectivity index (χ2n) is 5.49. The Morgan fingerprint density at radius 3 is 2.67 bits per heavy atom. The zero-order valence-electron chi connectivity index (χ0n) is 13.4. The third kappa shape index (κ3) is 4.82. The number of hydrogen-bond acceptors (Lipinski definition) is 6. The van der Waals surface area contributed by atoms with Crippen molar-refractivity contribution in [1.82, 2.24) is 20.2 Å². The Labute approximate surface area is 141 Å². The number of nitrogens with zero attached hydrogens (tertiary/aromatic N) is 4. The molecule has 1 aromatic heterocycles. The van der Waals surface area contributed by atoms with E-state index in [0.717, 1.165) is 6.29 Å². The quantitative estimate of drug-likeness (QED) is 0.391. The van der Waals surface area contributed by atoms with E-state index >= 15 is 0 Å². The number of tetrazole rings is 1. The molecule has 0 radical (unpaired) electrons. The third-order valence-electron chi connectivity index (χ3n) is 3.41. The topological polar surface area (TPSA) is 94.8 Å². The minimum Gasteiger partial charge on any atom is -0.303 e. The van der Waals surface area contributed by atoms with Crippen molar-refractivity contribution in [3.8, 4) is 5.69 Å². The highest BCUT2D eigenvalue weighted by atomic mass is 32.2. The molecule has 0 saturated carbocycles. The summed E-state index contributed by atoms with van der Waals surface area (Å²) in [5.41, 5.74) is 0.601. The summed E-state index contributed by atoms with van der Waals surface area (Å²) in [7, 11) is -3.57. The second kappa shape index (κ2) is 8.49. The molecule has 2 rings (SSSR count). The van der Waals surface area contributed by atoms with E-state index in [9.17, 15) is 13.2 Å². The first-order valence-electron chi connectivity index (χ1n) is 7.71. The maximum absolute atomic E-state index is 12.4. The standard InChI is InChI=1S/C16H20N4O3S/c1-14(13-21)9-5-2-3-8-12-24(22,23)16-17-18-19-20(16)15-10-6-4-7-11-15/h2,4-7,10-11,13-14H,3,8-9,12H2,1H3/b5-2+/t14-/m0/s1.